The molecule has 1 heterocycles. The largest absolute Gasteiger partial charge is 0.490 e. The number of aliphatic hydroxyl groups excluding tert-OH is 1. The Morgan fingerprint density at radius 3 is 2.12 bits per heavy atom. The molecule has 0 fully saturated rings. The van der Waals surface area contributed by atoms with Gasteiger partial charge in [0, 0.05) is 16.8 Å². The summed E-state index contributed by atoms with van der Waals surface area (Å²) in [7, 11) is 0. The molecule has 0 saturated carbocycles. The van der Waals surface area contributed by atoms with Crippen molar-refractivity contribution in [3.05, 3.63) is 59.4 Å². The Morgan fingerprint density at radius 2 is 1.59 bits per heavy atom. The fourth-order valence-electron chi connectivity index (χ4n) is 3.35. The van der Waals surface area contributed by atoms with E-state index in [-0.39, 0.29) is 12.5 Å². The first kappa shape index (κ1) is 23.2. The van der Waals surface area contributed by atoms with Gasteiger partial charge < -0.3 is 29.1 Å². The van der Waals surface area contributed by atoms with Crippen LogP contribution in [0.15, 0.2) is 46.9 Å². The van der Waals surface area contributed by atoms with Crippen molar-refractivity contribution in [3.8, 4) is 28.6 Å². The Hall–Kier alpha value is -3.45. The normalized spacial score (nSPS) is 10.7. The summed E-state index contributed by atoms with van der Waals surface area (Å²) in [6.07, 6.45) is 0. The third-order valence-electron chi connectivity index (χ3n) is 4.74. The second-order valence-corrected chi connectivity index (χ2v) is 7.01. The summed E-state index contributed by atoms with van der Waals surface area (Å²) in [4.78, 5) is 13.0. The predicted molar refractivity (Wildman–Crippen MR) is 123 cm³/mol. The van der Waals surface area contributed by atoms with Crippen molar-refractivity contribution in [1.29, 1.82) is 0 Å². The molecule has 3 rings (SSSR count). The average Bonchev–Trinajstić information content (AvgIpc) is 3.25. The molecule has 7 nitrogen and oxygen atoms in total. The number of benzene rings is 2. The van der Waals surface area contributed by atoms with Crippen LogP contribution in [-0.2, 0) is 6.61 Å². The van der Waals surface area contributed by atoms with Crippen LogP contribution in [0, 0.1) is 6.92 Å². The average molecular weight is 440 g/mol. The lowest BCUT2D eigenvalue weighted by atomic mass is 10.1. The van der Waals surface area contributed by atoms with E-state index >= 15 is 0 Å². The van der Waals surface area contributed by atoms with Crippen molar-refractivity contribution in [2.75, 3.05) is 25.1 Å². The zero-order chi connectivity index (χ0) is 23.1. The van der Waals surface area contributed by atoms with E-state index in [1.54, 1.807) is 18.2 Å². The highest BCUT2D eigenvalue weighted by molar-refractivity contribution is 6.05. The number of rotatable bonds is 10. The fraction of sp³-hybridized carbons (Fsp3) is 0.320. The maximum Gasteiger partial charge on any atom is 0.255 e. The molecular weight excluding hydrogens is 410 g/mol. The van der Waals surface area contributed by atoms with E-state index in [0.29, 0.717) is 59.8 Å². The number of carbonyl (C=O) groups is 1. The van der Waals surface area contributed by atoms with Gasteiger partial charge in [0.25, 0.3) is 5.91 Å². The van der Waals surface area contributed by atoms with E-state index in [0.717, 1.165) is 11.1 Å². The molecule has 1 aromatic heterocycles. The van der Waals surface area contributed by atoms with Gasteiger partial charge >= 0.3 is 0 Å². The molecule has 1 amide bonds. The number of anilines is 1. The Balaban J connectivity index is 1.86. The molecule has 2 aromatic carbocycles. The van der Waals surface area contributed by atoms with Gasteiger partial charge in [-0.2, -0.15) is 0 Å². The van der Waals surface area contributed by atoms with Crippen LogP contribution in [-0.4, -0.2) is 30.8 Å². The lowest BCUT2D eigenvalue weighted by molar-refractivity contribution is 0.102. The van der Waals surface area contributed by atoms with Crippen molar-refractivity contribution in [3.63, 3.8) is 0 Å². The second-order valence-electron chi connectivity index (χ2n) is 7.01. The summed E-state index contributed by atoms with van der Waals surface area (Å²) in [5.74, 6) is 2.31. The number of ether oxygens (including phenoxy) is 3. The van der Waals surface area contributed by atoms with Gasteiger partial charge in [-0.05, 0) is 75.7 Å². The quantitative estimate of drug-likeness (QED) is 0.452. The minimum atomic E-state index is -0.289. The molecule has 0 unspecified atom stereocenters. The second kappa shape index (κ2) is 10.7. The predicted octanol–water partition coefficient (Wildman–Crippen LogP) is 5.20. The van der Waals surface area contributed by atoms with Crippen LogP contribution < -0.4 is 19.5 Å². The Kier molecular flexibility index (Phi) is 7.78. The minimum absolute atomic E-state index is 0.150. The van der Waals surface area contributed by atoms with E-state index in [1.165, 1.54) is 0 Å². The van der Waals surface area contributed by atoms with Crippen LogP contribution in [0.5, 0.6) is 17.2 Å². The number of hydrogen-bond acceptors (Lipinski definition) is 6. The summed E-state index contributed by atoms with van der Waals surface area (Å²) < 4.78 is 22.7. The maximum atomic E-state index is 13.0. The molecule has 0 radical (unpaired) electrons. The lowest BCUT2D eigenvalue weighted by Gasteiger charge is -2.17. The molecular formula is C25H29NO6. The van der Waals surface area contributed by atoms with Gasteiger partial charge in [0.1, 0.15) is 18.1 Å². The molecule has 2 N–H and O–H groups in total. The maximum absolute atomic E-state index is 13.0. The van der Waals surface area contributed by atoms with Crippen LogP contribution in [0.3, 0.4) is 0 Å². The van der Waals surface area contributed by atoms with E-state index in [4.69, 9.17) is 18.6 Å². The Labute approximate surface area is 187 Å². The molecule has 0 bridgehead atoms. The van der Waals surface area contributed by atoms with Gasteiger partial charge in [0.05, 0.1) is 19.8 Å². The number of hydrogen-bond donors (Lipinski definition) is 2. The highest BCUT2D eigenvalue weighted by atomic mass is 16.5. The highest BCUT2D eigenvalue weighted by Crippen LogP contribution is 2.39. The third-order valence-corrected chi connectivity index (χ3v) is 4.74. The van der Waals surface area contributed by atoms with Crippen molar-refractivity contribution >= 4 is 11.6 Å². The van der Waals surface area contributed by atoms with E-state index in [2.05, 4.69) is 5.32 Å². The summed E-state index contributed by atoms with van der Waals surface area (Å²) >= 11 is 0. The van der Waals surface area contributed by atoms with Crippen molar-refractivity contribution in [2.24, 2.45) is 0 Å². The summed E-state index contributed by atoms with van der Waals surface area (Å²) in [5.41, 5.74) is 2.87. The number of carbonyl (C=O) groups excluding carboxylic acids is 1. The van der Waals surface area contributed by atoms with Gasteiger partial charge in [0.2, 0.25) is 5.75 Å². The number of aryl methyl sites for hydroxylation is 1. The van der Waals surface area contributed by atoms with Crippen LogP contribution in [0.25, 0.3) is 11.3 Å². The minimum Gasteiger partial charge on any atom is -0.490 e. The van der Waals surface area contributed by atoms with Gasteiger partial charge in [-0.3, -0.25) is 4.79 Å². The zero-order valence-electron chi connectivity index (χ0n) is 18.9. The Bertz CT molecular complexity index is 1050. The molecule has 0 aliphatic rings. The first-order chi connectivity index (χ1) is 15.5. The number of furan rings is 1. The fourth-order valence-corrected chi connectivity index (χ4v) is 3.35. The topological polar surface area (TPSA) is 90.2 Å². The van der Waals surface area contributed by atoms with Crippen molar-refractivity contribution in [1.82, 2.24) is 0 Å². The van der Waals surface area contributed by atoms with Crippen LogP contribution in [0.1, 0.15) is 42.5 Å². The smallest absolute Gasteiger partial charge is 0.255 e. The van der Waals surface area contributed by atoms with E-state index < -0.39 is 0 Å². The van der Waals surface area contributed by atoms with Gasteiger partial charge in [-0.25, -0.2) is 0 Å². The van der Waals surface area contributed by atoms with E-state index in [9.17, 15) is 9.90 Å². The molecule has 0 aliphatic carbocycles. The molecule has 0 aliphatic heterocycles. The Morgan fingerprint density at radius 1 is 0.938 bits per heavy atom. The van der Waals surface area contributed by atoms with Crippen LogP contribution in [0.4, 0.5) is 5.69 Å². The standard InChI is InChI=1S/C25H29NO6/c1-5-29-22-13-17(14-23(30-6-2)24(22)31-7-3)25(28)26-18-8-10-20(16(4)12-18)21-11-9-19(15-27)32-21/h8-14,27H,5-7,15H2,1-4H3,(H,26,28). The van der Waals surface area contributed by atoms with Crippen molar-refractivity contribution in [2.45, 2.75) is 34.3 Å². The summed E-state index contributed by atoms with van der Waals surface area (Å²) in [5, 5.41) is 12.1. The van der Waals surface area contributed by atoms with Crippen LogP contribution in [0.2, 0.25) is 0 Å². The van der Waals surface area contributed by atoms with Gasteiger partial charge in [0.15, 0.2) is 11.5 Å². The van der Waals surface area contributed by atoms with Gasteiger partial charge in [-0.15, -0.1) is 0 Å². The summed E-state index contributed by atoms with van der Waals surface area (Å²) in [6.45, 7) is 8.72. The zero-order valence-corrected chi connectivity index (χ0v) is 18.9. The third kappa shape index (κ3) is 5.23. The van der Waals surface area contributed by atoms with E-state index in [1.807, 2.05) is 52.0 Å². The molecule has 7 heteroatoms. The molecule has 0 saturated heterocycles. The summed E-state index contributed by atoms with van der Waals surface area (Å²) in [6, 6.07) is 12.4. The molecule has 170 valence electrons. The lowest BCUT2D eigenvalue weighted by Crippen LogP contribution is -2.13. The first-order valence-corrected chi connectivity index (χ1v) is 10.7. The monoisotopic (exact) mass is 439 g/mol. The van der Waals surface area contributed by atoms with Crippen molar-refractivity contribution < 1.29 is 28.5 Å². The SMILES string of the molecule is CCOc1cc(C(=O)Nc2ccc(-c3ccc(CO)o3)c(C)c2)cc(OCC)c1OCC. The van der Waals surface area contributed by atoms with Gasteiger partial charge in [-0.1, -0.05) is 0 Å². The molecule has 0 atom stereocenters. The number of aliphatic hydroxyl groups is 1. The highest BCUT2D eigenvalue weighted by Gasteiger charge is 2.19. The van der Waals surface area contributed by atoms with Crippen LogP contribution >= 0.6 is 0 Å². The first-order valence-electron chi connectivity index (χ1n) is 10.7. The molecule has 3 aromatic rings. The molecule has 0 spiro atoms. The number of nitrogens with one attached hydrogen (secondary N) is 1. The molecule has 32 heavy (non-hydrogen) atoms. The number of amides is 1.